The molecule has 0 radical (unpaired) electrons. The largest absolute Gasteiger partial charge is 0.370 e. The molecule has 0 fully saturated rings. The first-order chi connectivity index (χ1) is 10.3. The number of hydrogen-bond acceptors (Lipinski definition) is 3. The molecule has 2 aromatic rings. The van der Waals surface area contributed by atoms with E-state index in [1.54, 1.807) is 0 Å². The highest BCUT2D eigenvalue weighted by atomic mass is 15.1. The van der Waals surface area contributed by atoms with Crippen molar-refractivity contribution < 1.29 is 0 Å². The van der Waals surface area contributed by atoms with Crippen LogP contribution in [0.1, 0.15) is 36.2 Å². The van der Waals surface area contributed by atoms with Crippen molar-refractivity contribution in [1.82, 2.24) is 4.98 Å². The fourth-order valence-corrected chi connectivity index (χ4v) is 2.94. The topological polar surface area (TPSA) is 42.1 Å². The minimum atomic E-state index is 0.0486. The van der Waals surface area contributed by atoms with Crippen molar-refractivity contribution in [2.75, 3.05) is 18.0 Å². The van der Waals surface area contributed by atoms with Gasteiger partial charge in [-0.3, -0.25) is 4.98 Å². The Morgan fingerprint density at radius 1 is 1.10 bits per heavy atom. The van der Waals surface area contributed by atoms with Gasteiger partial charge in [-0.2, -0.15) is 0 Å². The van der Waals surface area contributed by atoms with Crippen LogP contribution in [0, 0.1) is 0 Å². The molecule has 2 N–H and O–H groups in total. The van der Waals surface area contributed by atoms with Crippen LogP contribution >= 0.6 is 0 Å². The van der Waals surface area contributed by atoms with Crippen molar-refractivity contribution in [3.05, 3.63) is 59.4 Å². The molecular weight excluding hydrogens is 258 g/mol. The maximum absolute atomic E-state index is 6.03. The molecule has 1 aromatic carbocycles. The first-order valence-electron chi connectivity index (χ1n) is 7.81. The molecule has 3 heteroatoms. The quantitative estimate of drug-likeness (QED) is 0.940. The molecule has 1 aliphatic heterocycles. The van der Waals surface area contributed by atoms with Gasteiger partial charge in [0, 0.05) is 19.1 Å². The Labute approximate surface area is 126 Å². The van der Waals surface area contributed by atoms with Gasteiger partial charge < -0.3 is 10.6 Å². The van der Waals surface area contributed by atoms with Crippen LogP contribution in [0.2, 0.25) is 0 Å². The number of nitrogens with zero attached hydrogens (tertiary/aromatic N) is 2. The molecule has 0 saturated carbocycles. The number of rotatable bonds is 3. The summed E-state index contributed by atoms with van der Waals surface area (Å²) in [6.07, 6.45) is 5.10. The Balaban J connectivity index is 1.74. The van der Waals surface area contributed by atoms with E-state index in [2.05, 4.69) is 53.2 Å². The average Bonchev–Trinajstić information content (AvgIpc) is 2.77. The molecule has 1 aromatic heterocycles. The van der Waals surface area contributed by atoms with E-state index < -0.39 is 0 Å². The number of hydrogen-bond donors (Lipinski definition) is 1. The second-order valence-corrected chi connectivity index (χ2v) is 5.71. The highest BCUT2D eigenvalue weighted by molar-refractivity contribution is 5.46. The average molecular weight is 281 g/mol. The summed E-state index contributed by atoms with van der Waals surface area (Å²) >= 11 is 0. The summed E-state index contributed by atoms with van der Waals surface area (Å²) < 4.78 is 0. The van der Waals surface area contributed by atoms with Crippen LogP contribution < -0.4 is 10.6 Å². The molecule has 0 bridgehead atoms. The summed E-state index contributed by atoms with van der Waals surface area (Å²) in [6.45, 7) is 4.20. The van der Waals surface area contributed by atoms with Gasteiger partial charge in [-0.15, -0.1) is 0 Å². The third kappa shape index (κ3) is 3.08. The smallest absolute Gasteiger partial charge is 0.0572 e. The molecule has 21 heavy (non-hydrogen) atoms. The maximum atomic E-state index is 6.03. The van der Waals surface area contributed by atoms with Crippen LogP contribution in [-0.2, 0) is 12.8 Å². The van der Waals surface area contributed by atoms with Crippen LogP contribution in [0.25, 0.3) is 0 Å². The number of nitrogens with two attached hydrogens (primary N) is 1. The summed E-state index contributed by atoms with van der Waals surface area (Å²) in [5, 5.41) is 0. The van der Waals surface area contributed by atoms with Crippen molar-refractivity contribution in [2.45, 2.75) is 32.2 Å². The number of anilines is 1. The number of fused-ring (bicyclic) bond motifs is 1. The predicted molar refractivity (Wildman–Crippen MR) is 87.5 cm³/mol. The zero-order valence-electron chi connectivity index (χ0n) is 12.6. The lowest BCUT2D eigenvalue weighted by Gasteiger charge is -2.22. The minimum Gasteiger partial charge on any atom is -0.370 e. The molecule has 0 amide bonds. The van der Waals surface area contributed by atoms with E-state index in [0.717, 1.165) is 38.0 Å². The Morgan fingerprint density at radius 3 is 2.29 bits per heavy atom. The van der Waals surface area contributed by atoms with Crippen molar-refractivity contribution in [1.29, 1.82) is 0 Å². The SMILES string of the molecule is CCC(N)c1ccc(N2CCc3ccccc3CC2)cn1. The second kappa shape index (κ2) is 6.27. The first kappa shape index (κ1) is 14.1. The van der Waals surface area contributed by atoms with E-state index in [4.69, 9.17) is 5.73 Å². The van der Waals surface area contributed by atoms with Crippen LogP contribution in [0.3, 0.4) is 0 Å². The van der Waals surface area contributed by atoms with Crippen LogP contribution in [0.15, 0.2) is 42.6 Å². The molecule has 0 saturated heterocycles. The van der Waals surface area contributed by atoms with Gasteiger partial charge in [-0.05, 0) is 42.5 Å². The summed E-state index contributed by atoms with van der Waals surface area (Å²) in [7, 11) is 0. The van der Waals surface area contributed by atoms with Gasteiger partial charge in [-0.25, -0.2) is 0 Å². The molecule has 1 unspecified atom stereocenters. The lowest BCUT2D eigenvalue weighted by atomic mass is 10.0. The highest BCUT2D eigenvalue weighted by Crippen LogP contribution is 2.21. The summed E-state index contributed by atoms with van der Waals surface area (Å²) in [5.74, 6) is 0. The molecule has 0 aliphatic carbocycles. The fraction of sp³-hybridized carbons (Fsp3) is 0.389. The molecule has 3 rings (SSSR count). The van der Waals surface area contributed by atoms with Gasteiger partial charge in [-0.1, -0.05) is 31.2 Å². The van der Waals surface area contributed by atoms with Crippen LogP contribution in [0.4, 0.5) is 5.69 Å². The van der Waals surface area contributed by atoms with Gasteiger partial charge in [0.2, 0.25) is 0 Å². The summed E-state index contributed by atoms with van der Waals surface area (Å²) in [5.41, 5.74) is 11.2. The molecule has 3 nitrogen and oxygen atoms in total. The van der Waals surface area contributed by atoms with Crippen LogP contribution in [-0.4, -0.2) is 18.1 Å². The molecule has 1 aliphatic rings. The summed E-state index contributed by atoms with van der Waals surface area (Å²) in [6, 6.07) is 13.1. The lowest BCUT2D eigenvalue weighted by Crippen LogP contribution is -2.26. The van der Waals surface area contributed by atoms with E-state index in [1.165, 1.54) is 16.8 Å². The molecule has 110 valence electrons. The van der Waals surface area contributed by atoms with Crippen molar-refractivity contribution >= 4 is 5.69 Å². The predicted octanol–water partition coefficient (Wildman–Crippen LogP) is 3.10. The minimum absolute atomic E-state index is 0.0486. The zero-order chi connectivity index (χ0) is 14.7. The van der Waals surface area contributed by atoms with Crippen LogP contribution in [0.5, 0.6) is 0 Å². The van der Waals surface area contributed by atoms with Gasteiger partial charge in [0.15, 0.2) is 0 Å². The van der Waals surface area contributed by atoms with Gasteiger partial charge in [0.05, 0.1) is 17.6 Å². The normalized spacial score (nSPS) is 16.2. The van der Waals surface area contributed by atoms with E-state index in [9.17, 15) is 0 Å². The third-order valence-electron chi connectivity index (χ3n) is 4.38. The Kier molecular flexibility index (Phi) is 4.20. The van der Waals surface area contributed by atoms with Crippen molar-refractivity contribution in [2.24, 2.45) is 5.73 Å². The summed E-state index contributed by atoms with van der Waals surface area (Å²) in [4.78, 5) is 6.96. The van der Waals surface area contributed by atoms with Gasteiger partial charge >= 0.3 is 0 Å². The third-order valence-corrected chi connectivity index (χ3v) is 4.38. The molecular formula is C18H23N3. The monoisotopic (exact) mass is 281 g/mol. The maximum Gasteiger partial charge on any atom is 0.0572 e. The number of benzene rings is 1. The van der Waals surface area contributed by atoms with E-state index in [1.807, 2.05) is 6.20 Å². The lowest BCUT2D eigenvalue weighted by molar-refractivity contribution is 0.674. The first-order valence-corrected chi connectivity index (χ1v) is 7.81. The van der Waals surface area contributed by atoms with Gasteiger partial charge in [0.25, 0.3) is 0 Å². The highest BCUT2D eigenvalue weighted by Gasteiger charge is 2.14. The Hall–Kier alpha value is -1.87. The fourth-order valence-electron chi connectivity index (χ4n) is 2.94. The van der Waals surface area contributed by atoms with E-state index >= 15 is 0 Å². The molecule has 1 atom stereocenters. The molecule has 2 heterocycles. The van der Waals surface area contributed by atoms with Crippen molar-refractivity contribution in [3.63, 3.8) is 0 Å². The van der Waals surface area contributed by atoms with Crippen molar-refractivity contribution in [3.8, 4) is 0 Å². The van der Waals surface area contributed by atoms with E-state index in [-0.39, 0.29) is 6.04 Å². The van der Waals surface area contributed by atoms with Gasteiger partial charge in [0.1, 0.15) is 0 Å². The molecule has 0 spiro atoms. The number of pyridine rings is 1. The number of aromatic nitrogens is 1. The standard InChI is InChI=1S/C18H23N3/c1-2-17(19)18-8-7-16(13-20-18)21-11-9-14-5-3-4-6-15(14)10-12-21/h3-8,13,17H,2,9-12,19H2,1H3. The second-order valence-electron chi connectivity index (χ2n) is 5.71. The van der Waals surface area contributed by atoms with E-state index in [0.29, 0.717) is 0 Å². The Bertz CT molecular complexity index is 565. The Morgan fingerprint density at radius 2 is 1.76 bits per heavy atom. The zero-order valence-corrected chi connectivity index (χ0v) is 12.6.